The normalized spacial score (nSPS) is 22.2. The molecule has 2 fully saturated rings. The van der Waals surface area contributed by atoms with Crippen LogP contribution < -0.4 is 5.32 Å². The molecule has 3 heterocycles. The summed E-state index contributed by atoms with van der Waals surface area (Å²) in [6.45, 7) is 3.08. The number of nitrogens with one attached hydrogen (secondary N) is 1. The molecule has 2 aliphatic rings. The molecule has 0 amide bonds. The number of nitrogens with zero attached hydrogens (tertiary/aromatic N) is 4. The molecule has 1 aliphatic carbocycles. The SMILES string of the molecule is c1ccc(CN2CCC[C@H](Nc3nccc(C4CCCC4)n3)C2)nc1. The average molecular weight is 337 g/mol. The number of pyridine rings is 1. The Hall–Kier alpha value is -2.01. The third kappa shape index (κ3) is 4.34. The smallest absolute Gasteiger partial charge is 0.223 e. The fourth-order valence-corrected chi connectivity index (χ4v) is 4.11. The Bertz CT molecular complexity index is 669. The predicted molar refractivity (Wildman–Crippen MR) is 99.4 cm³/mol. The number of piperidine rings is 1. The number of anilines is 1. The number of likely N-dealkylation sites (tertiary alicyclic amines) is 1. The summed E-state index contributed by atoms with van der Waals surface area (Å²) in [5.41, 5.74) is 2.36. The zero-order valence-corrected chi connectivity index (χ0v) is 14.8. The molecule has 0 aromatic carbocycles. The van der Waals surface area contributed by atoms with Crippen molar-refractivity contribution < 1.29 is 0 Å². The van der Waals surface area contributed by atoms with Crippen molar-refractivity contribution in [3.8, 4) is 0 Å². The highest BCUT2D eigenvalue weighted by atomic mass is 15.2. The Balaban J connectivity index is 1.36. The van der Waals surface area contributed by atoms with Crippen LogP contribution in [-0.4, -0.2) is 39.0 Å². The molecule has 2 aromatic heterocycles. The van der Waals surface area contributed by atoms with Gasteiger partial charge in [0, 0.05) is 43.1 Å². The highest BCUT2D eigenvalue weighted by Crippen LogP contribution is 2.33. The molecular weight excluding hydrogens is 310 g/mol. The van der Waals surface area contributed by atoms with E-state index < -0.39 is 0 Å². The summed E-state index contributed by atoms with van der Waals surface area (Å²) in [6, 6.07) is 8.64. The summed E-state index contributed by atoms with van der Waals surface area (Å²) in [7, 11) is 0. The molecule has 0 radical (unpaired) electrons. The monoisotopic (exact) mass is 337 g/mol. The lowest BCUT2D eigenvalue weighted by Crippen LogP contribution is -2.42. The van der Waals surface area contributed by atoms with Crippen molar-refractivity contribution in [3.05, 3.63) is 48.0 Å². The van der Waals surface area contributed by atoms with Crippen molar-refractivity contribution in [1.29, 1.82) is 0 Å². The van der Waals surface area contributed by atoms with Crippen LogP contribution in [0.1, 0.15) is 55.8 Å². The first-order valence-corrected chi connectivity index (χ1v) is 9.58. The van der Waals surface area contributed by atoms with Crippen LogP contribution in [0.15, 0.2) is 36.7 Å². The third-order valence-corrected chi connectivity index (χ3v) is 5.40. The Morgan fingerprint density at radius 3 is 2.76 bits per heavy atom. The maximum absolute atomic E-state index is 4.80. The summed E-state index contributed by atoms with van der Waals surface area (Å²) >= 11 is 0. The maximum atomic E-state index is 4.80. The van der Waals surface area contributed by atoms with Gasteiger partial charge < -0.3 is 5.32 Å². The van der Waals surface area contributed by atoms with Gasteiger partial charge in [-0.25, -0.2) is 9.97 Å². The van der Waals surface area contributed by atoms with Crippen molar-refractivity contribution in [2.75, 3.05) is 18.4 Å². The Kier molecular flexibility index (Phi) is 5.21. The fraction of sp³-hybridized carbons (Fsp3) is 0.550. The molecule has 132 valence electrons. The first-order chi connectivity index (χ1) is 12.4. The molecule has 1 saturated carbocycles. The van der Waals surface area contributed by atoms with Gasteiger partial charge in [-0.15, -0.1) is 0 Å². The predicted octanol–water partition coefficient (Wildman–Crippen LogP) is 3.61. The number of hydrogen-bond acceptors (Lipinski definition) is 5. The topological polar surface area (TPSA) is 53.9 Å². The maximum Gasteiger partial charge on any atom is 0.223 e. The van der Waals surface area contributed by atoms with E-state index in [2.05, 4.69) is 38.4 Å². The fourth-order valence-electron chi connectivity index (χ4n) is 4.11. The second-order valence-corrected chi connectivity index (χ2v) is 7.33. The van der Waals surface area contributed by atoms with Crippen LogP contribution in [0.4, 0.5) is 5.95 Å². The number of hydrogen-bond donors (Lipinski definition) is 1. The van der Waals surface area contributed by atoms with Gasteiger partial charge >= 0.3 is 0 Å². The molecule has 1 saturated heterocycles. The van der Waals surface area contributed by atoms with Gasteiger partial charge in [-0.2, -0.15) is 0 Å². The molecule has 5 nitrogen and oxygen atoms in total. The van der Waals surface area contributed by atoms with Crippen LogP contribution in [0.25, 0.3) is 0 Å². The van der Waals surface area contributed by atoms with Gasteiger partial charge in [0.1, 0.15) is 0 Å². The summed E-state index contributed by atoms with van der Waals surface area (Å²) in [6.07, 6.45) is 11.4. The minimum Gasteiger partial charge on any atom is -0.350 e. The minimum absolute atomic E-state index is 0.413. The van der Waals surface area contributed by atoms with Crippen molar-refractivity contribution in [2.45, 2.75) is 57.0 Å². The third-order valence-electron chi connectivity index (χ3n) is 5.40. The van der Waals surface area contributed by atoms with Gasteiger partial charge in [-0.1, -0.05) is 18.9 Å². The van der Waals surface area contributed by atoms with E-state index >= 15 is 0 Å². The van der Waals surface area contributed by atoms with E-state index in [0.29, 0.717) is 12.0 Å². The molecule has 1 atom stereocenters. The molecule has 5 heteroatoms. The van der Waals surface area contributed by atoms with Crippen LogP contribution in [-0.2, 0) is 6.54 Å². The number of aromatic nitrogens is 3. The van der Waals surface area contributed by atoms with Crippen LogP contribution in [0.3, 0.4) is 0 Å². The van der Waals surface area contributed by atoms with Crippen molar-refractivity contribution in [2.24, 2.45) is 0 Å². The Morgan fingerprint density at radius 2 is 1.92 bits per heavy atom. The first kappa shape index (κ1) is 16.5. The van der Waals surface area contributed by atoms with Crippen LogP contribution in [0.2, 0.25) is 0 Å². The summed E-state index contributed by atoms with van der Waals surface area (Å²) < 4.78 is 0. The molecule has 0 spiro atoms. The molecule has 4 rings (SSSR count). The zero-order valence-electron chi connectivity index (χ0n) is 14.8. The Morgan fingerprint density at radius 1 is 1.00 bits per heavy atom. The van der Waals surface area contributed by atoms with E-state index in [0.717, 1.165) is 31.3 Å². The summed E-state index contributed by atoms with van der Waals surface area (Å²) in [4.78, 5) is 16.2. The first-order valence-electron chi connectivity index (χ1n) is 9.58. The second kappa shape index (κ2) is 7.91. The molecule has 1 aliphatic heterocycles. The second-order valence-electron chi connectivity index (χ2n) is 7.33. The lowest BCUT2D eigenvalue weighted by molar-refractivity contribution is 0.206. The van der Waals surface area contributed by atoms with Crippen LogP contribution in [0.5, 0.6) is 0 Å². The minimum atomic E-state index is 0.413. The van der Waals surface area contributed by atoms with Gasteiger partial charge in [0.2, 0.25) is 5.95 Å². The Labute approximate surface area is 149 Å². The molecular formula is C20H27N5. The lowest BCUT2D eigenvalue weighted by atomic mass is 10.0. The van der Waals surface area contributed by atoms with Crippen LogP contribution in [0, 0.1) is 0 Å². The number of rotatable bonds is 5. The van der Waals surface area contributed by atoms with Gasteiger partial charge in [0.15, 0.2) is 0 Å². The highest BCUT2D eigenvalue weighted by Gasteiger charge is 2.22. The quantitative estimate of drug-likeness (QED) is 0.903. The van der Waals surface area contributed by atoms with Gasteiger partial charge in [0.05, 0.1) is 5.69 Å². The van der Waals surface area contributed by atoms with Crippen molar-refractivity contribution >= 4 is 5.95 Å². The molecule has 0 unspecified atom stereocenters. The summed E-state index contributed by atoms with van der Waals surface area (Å²) in [5.74, 6) is 1.43. The van der Waals surface area contributed by atoms with Gasteiger partial charge in [0.25, 0.3) is 0 Å². The molecule has 1 N–H and O–H groups in total. The molecule has 0 bridgehead atoms. The van der Waals surface area contributed by atoms with E-state index in [1.165, 1.54) is 44.2 Å². The molecule has 25 heavy (non-hydrogen) atoms. The lowest BCUT2D eigenvalue weighted by Gasteiger charge is -2.33. The van der Waals surface area contributed by atoms with E-state index in [1.54, 1.807) is 0 Å². The largest absolute Gasteiger partial charge is 0.350 e. The zero-order chi connectivity index (χ0) is 16.9. The van der Waals surface area contributed by atoms with E-state index in [1.807, 2.05) is 18.5 Å². The average Bonchev–Trinajstić information content (AvgIpc) is 3.18. The molecule has 2 aromatic rings. The van der Waals surface area contributed by atoms with Crippen LogP contribution >= 0.6 is 0 Å². The standard InChI is InChI=1S/C20H27N5/c1-2-7-16(6-1)19-10-12-22-20(24-19)23-18-9-5-13-25(15-18)14-17-8-3-4-11-21-17/h3-4,8,10-12,16,18H,1-2,5-7,9,13-15H2,(H,22,23,24)/t18-/m0/s1. The highest BCUT2D eigenvalue weighted by molar-refractivity contribution is 5.28. The van der Waals surface area contributed by atoms with Crippen molar-refractivity contribution in [3.63, 3.8) is 0 Å². The van der Waals surface area contributed by atoms with E-state index in [-0.39, 0.29) is 0 Å². The summed E-state index contributed by atoms with van der Waals surface area (Å²) in [5, 5.41) is 3.58. The van der Waals surface area contributed by atoms with Gasteiger partial charge in [-0.3, -0.25) is 9.88 Å². The van der Waals surface area contributed by atoms with E-state index in [9.17, 15) is 0 Å². The van der Waals surface area contributed by atoms with E-state index in [4.69, 9.17) is 4.98 Å². The van der Waals surface area contributed by atoms with Gasteiger partial charge in [-0.05, 0) is 50.4 Å². The van der Waals surface area contributed by atoms with Crippen molar-refractivity contribution in [1.82, 2.24) is 19.9 Å².